The maximum atomic E-state index is 12.3. The van der Waals surface area contributed by atoms with Crippen molar-refractivity contribution in [3.05, 3.63) is 41.3 Å². The van der Waals surface area contributed by atoms with Gasteiger partial charge >= 0.3 is 5.97 Å². The summed E-state index contributed by atoms with van der Waals surface area (Å²) in [5.74, 6) is -0.307. The third-order valence-electron chi connectivity index (χ3n) is 3.54. The van der Waals surface area contributed by atoms with Crippen LogP contribution in [0.25, 0.3) is 11.1 Å². The summed E-state index contributed by atoms with van der Waals surface area (Å²) in [7, 11) is 0. The normalized spacial score (nSPS) is 13.7. The number of carbonyl (C=O) groups excluding carboxylic acids is 2. The van der Waals surface area contributed by atoms with Crippen LogP contribution in [0.4, 0.5) is 5.00 Å². The quantitative estimate of drug-likeness (QED) is 0.850. The molecule has 2 aromatic rings. The smallest absolute Gasteiger partial charge is 0.341 e. The molecule has 114 valence electrons. The molecule has 0 spiro atoms. The fourth-order valence-electron chi connectivity index (χ4n) is 2.25. The Morgan fingerprint density at radius 3 is 2.64 bits per heavy atom. The lowest BCUT2D eigenvalue weighted by molar-refractivity contribution is -0.117. The molecular formula is C17H17NO3S. The van der Waals surface area contributed by atoms with E-state index in [1.54, 1.807) is 6.92 Å². The summed E-state index contributed by atoms with van der Waals surface area (Å²) in [6, 6.07) is 9.65. The van der Waals surface area contributed by atoms with Crippen LogP contribution >= 0.6 is 11.3 Å². The van der Waals surface area contributed by atoms with Crippen LogP contribution < -0.4 is 5.32 Å². The Morgan fingerprint density at radius 1 is 1.27 bits per heavy atom. The van der Waals surface area contributed by atoms with Crippen LogP contribution in [0.3, 0.4) is 0 Å². The van der Waals surface area contributed by atoms with Crippen LogP contribution in [-0.2, 0) is 9.53 Å². The minimum absolute atomic E-state index is 0.00740. The first-order valence-electron chi connectivity index (χ1n) is 7.35. The number of thiophene rings is 1. The Kier molecular flexibility index (Phi) is 4.24. The molecule has 1 amide bonds. The number of carbonyl (C=O) groups is 2. The molecule has 0 unspecified atom stereocenters. The molecule has 0 saturated heterocycles. The van der Waals surface area contributed by atoms with Gasteiger partial charge in [0, 0.05) is 16.9 Å². The van der Waals surface area contributed by atoms with Gasteiger partial charge in [0.05, 0.1) is 6.61 Å². The standard InChI is InChI=1S/C17H17NO3S/c1-2-21-17(20)14-13(11-6-4-3-5-7-11)10-22-16(14)18-15(19)12-8-9-12/h3-7,10,12H,2,8-9H2,1H3,(H,18,19). The van der Waals surface area contributed by atoms with Crippen molar-refractivity contribution in [2.75, 3.05) is 11.9 Å². The molecule has 1 aromatic carbocycles. The zero-order valence-electron chi connectivity index (χ0n) is 12.3. The van der Waals surface area contributed by atoms with Crippen molar-refractivity contribution in [2.24, 2.45) is 5.92 Å². The molecule has 1 N–H and O–H groups in total. The summed E-state index contributed by atoms with van der Waals surface area (Å²) in [6.07, 6.45) is 1.86. The highest BCUT2D eigenvalue weighted by Gasteiger charge is 2.31. The third kappa shape index (κ3) is 3.04. The van der Waals surface area contributed by atoms with Crippen molar-refractivity contribution in [1.29, 1.82) is 0 Å². The molecule has 0 atom stereocenters. The zero-order valence-corrected chi connectivity index (χ0v) is 13.1. The van der Waals surface area contributed by atoms with Gasteiger partial charge in [-0.1, -0.05) is 30.3 Å². The second-order valence-corrected chi connectivity index (χ2v) is 6.08. The lowest BCUT2D eigenvalue weighted by atomic mass is 10.0. The van der Waals surface area contributed by atoms with Crippen molar-refractivity contribution in [1.82, 2.24) is 0 Å². The Morgan fingerprint density at radius 2 is 2.00 bits per heavy atom. The molecule has 1 aromatic heterocycles. The fourth-order valence-corrected chi connectivity index (χ4v) is 3.21. The van der Waals surface area contributed by atoms with Gasteiger partial charge in [-0.05, 0) is 25.3 Å². The average molecular weight is 315 g/mol. The monoisotopic (exact) mass is 315 g/mol. The second kappa shape index (κ2) is 6.32. The highest BCUT2D eigenvalue weighted by molar-refractivity contribution is 7.15. The summed E-state index contributed by atoms with van der Waals surface area (Å²) in [6.45, 7) is 2.08. The number of nitrogens with one attached hydrogen (secondary N) is 1. The fraction of sp³-hybridized carbons (Fsp3) is 0.294. The molecular weight excluding hydrogens is 298 g/mol. The average Bonchev–Trinajstić information content (AvgIpc) is 3.30. The minimum Gasteiger partial charge on any atom is -0.462 e. The molecule has 1 aliphatic rings. The molecule has 4 nitrogen and oxygen atoms in total. The molecule has 1 heterocycles. The number of ether oxygens (including phenoxy) is 1. The van der Waals surface area contributed by atoms with Gasteiger partial charge in [0.15, 0.2) is 0 Å². The number of hydrogen-bond acceptors (Lipinski definition) is 4. The van der Waals surface area contributed by atoms with Gasteiger partial charge in [0.1, 0.15) is 10.6 Å². The van der Waals surface area contributed by atoms with E-state index in [4.69, 9.17) is 4.74 Å². The number of benzene rings is 1. The van der Waals surface area contributed by atoms with Gasteiger partial charge in [-0.15, -0.1) is 11.3 Å². The Labute approximate surface area is 133 Å². The number of esters is 1. The number of amides is 1. The van der Waals surface area contributed by atoms with Crippen LogP contribution in [0.5, 0.6) is 0 Å². The van der Waals surface area contributed by atoms with E-state index in [2.05, 4.69) is 5.32 Å². The molecule has 0 radical (unpaired) electrons. The van der Waals surface area contributed by atoms with E-state index in [-0.39, 0.29) is 11.8 Å². The van der Waals surface area contributed by atoms with Gasteiger partial charge in [-0.25, -0.2) is 4.79 Å². The van der Waals surface area contributed by atoms with Crippen LogP contribution in [0.1, 0.15) is 30.1 Å². The Bertz CT molecular complexity index is 689. The van der Waals surface area contributed by atoms with Crippen molar-refractivity contribution >= 4 is 28.2 Å². The van der Waals surface area contributed by atoms with Gasteiger partial charge in [0.2, 0.25) is 5.91 Å². The van der Waals surface area contributed by atoms with E-state index in [1.807, 2.05) is 35.7 Å². The predicted octanol–water partition coefficient (Wildman–Crippen LogP) is 3.94. The van der Waals surface area contributed by atoms with Gasteiger partial charge in [-0.2, -0.15) is 0 Å². The van der Waals surface area contributed by atoms with Gasteiger partial charge in [-0.3, -0.25) is 4.79 Å². The van der Waals surface area contributed by atoms with Crippen molar-refractivity contribution < 1.29 is 14.3 Å². The molecule has 1 saturated carbocycles. The minimum atomic E-state index is -0.395. The molecule has 22 heavy (non-hydrogen) atoms. The largest absolute Gasteiger partial charge is 0.462 e. The highest BCUT2D eigenvalue weighted by Crippen LogP contribution is 2.38. The summed E-state index contributed by atoms with van der Waals surface area (Å²) < 4.78 is 5.16. The molecule has 1 aliphatic carbocycles. The maximum Gasteiger partial charge on any atom is 0.341 e. The molecule has 0 bridgehead atoms. The molecule has 1 fully saturated rings. The second-order valence-electron chi connectivity index (χ2n) is 5.20. The summed E-state index contributed by atoms with van der Waals surface area (Å²) >= 11 is 1.37. The lowest BCUT2D eigenvalue weighted by Crippen LogP contribution is -2.15. The third-order valence-corrected chi connectivity index (χ3v) is 4.44. The SMILES string of the molecule is CCOC(=O)c1c(-c2ccccc2)csc1NC(=O)C1CC1. The van der Waals surface area contributed by atoms with Crippen LogP contribution in [-0.4, -0.2) is 18.5 Å². The first kappa shape index (κ1) is 14.8. The van der Waals surface area contributed by atoms with E-state index < -0.39 is 5.97 Å². The topological polar surface area (TPSA) is 55.4 Å². The van der Waals surface area contributed by atoms with Crippen molar-refractivity contribution in [3.8, 4) is 11.1 Å². The number of rotatable bonds is 5. The first-order chi connectivity index (χ1) is 10.7. The summed E-state index contributed by atoms with van der Waals surface area (Å²) in [4.78, 5) is 24.3. The Balaban J connectivity index is 1.97. The van der Waals surface area contributed by atoms with E-state index >= 15 is 0 Å². The molecule has 5 heteroatoms. The van der Waals surface area contributed by atoms with Gasteiger partial charge < -0.3 is 10.1 Å². The van der Waals surface area contributed by atoms with E-state index in [0.717, 1.165) is 24.0 Å². The summed E-state index contributed by atoms with van der Waals surface area (Å²) in [5.41, 5.74) is 2.19. The van der Waals surface area contributed by atoms with E-state index in [1.165, 1.54) is 11.3 Å². The summed E-state index contributed by atoms with van der Waals surface area (Å²) in [5, 5.41) is 5.35. The highest BCUT2D eigenvalue weighted by atomic mass is 32.1. The number of hydrogen-bond donors (Lipinski definition) is 1. The predicted molar refractivity (Wildman–Crippen MR) is 87.1 cm³/mol. The van der Waals surface area contributed by atoms with Crippen molar-refractivity contribution in [3.63, 3.8) is 0 Å². The van der Waals surface area contributed by atoms with Crippen LogP contribution in [0.2, 0.25) is 0 Å². The number of anilines is 1. The molecule has 3 rings (SSSR count). The maximum absolute atomic E-state index is 12.3. The van der Waals surface area contributed by atoms with Crippen LogP contribution in [0, 0.1) is 5.92 Å². The van der Waals surface area contributed by atoms with Gasteiger partial charge in [0.25, 0.3) is 0 Å². The van der Waals surface area contributed by atoms with Crippen LogP contribution in [0.15, 0.2) is 35.7 Å². The Hall–Kier alpha value is -2.14. The zero-order chi connectivity index (χ0) is 15.5. The first-order valence-corrected chi connectivity index (χ1v) is 8.23. The lowest BCUT2D eigenvalue weighted by Gasteiger charge is -2.08. The van der Waals surface area contributed by atoms with E-state index in [0.29, 0.717) is 17.2 Å². The van der Waals surface area contributed by atoms with E-state index in [9.17, 15) is 9.59 Å². The van der Waals surface area contributed by atoms with Crippen molar-refractivity contribution in [2.45, 2.75) is 19.8 Å². The molecule has 0 aliphatic heterocycles.